The molecule has 1 aromatic heterocycles. The van der Waals surface area contributed by atoms with Crippen LogP contribution in [-0.4, -0.2) is 17.3 Å². The SMILES string of the molecule is COc1ccc(N2C(=O)/C(=C\c3cc4ccccc4oc3=O)SC2=S)cc1Cl. The van der Waals surface area contributed by atoms with Gasteiger partial charge in [0.15, 0.2) is 4.32 Å². The van der Waals surface area contributed by atoms with Gasteiger partial charge in [0.1, 0.15) is 11.3 Å². The molecule has 8 heteroatoms. The molecule has 1 amide bonds. The molecule has 140 valence electrons. The van der Waals surface area contributed by atoms with Gasteiger partial charge in [0.05, 0.1) is 28.3 Å². The normalized spacial score (nSPS) is 15.6. The van der Waals surface area contributed by atoms with Crippen molar-refractivity contribution in [3.05, 3.63) is 74.4 Å². The van der Waals surface area contributed by atoms with Crippen molar-refractivity contribution in [1.29, 1.82) is 0 Å². The van der Waals surface area contributed by atoms with Crippen LogP contribution in [0.1, 0.15) is 5.56 Å². The summed E-state index contributed by atoms with van der Waals surface area (Å²) in [5.41, 5.74) is 0.788. The third-order valence-electron chi connectivity index (χ3n) is 4.14. The van der Waals surface area contributed by atoms with Crippen LogP contribution in [0.3, 0.4) is 0 Å². The largest absolute Gasteiger partial charge is 0.495 e. The Hall–Kier alpha value is -2.61. The number of carbonyl (C=O) groups excluding carboxylic acids is 1. The Morgan fingerprint density at radius 2 is 1.96 bits per heavy atom. The number of halogens is 1. The van der Waals surface area contributed by atoms with E-state index < -0.39 is 5.63 Å². The minimum absolute atomic E-state index is 0.284. The molecule has 0 bridgehead atoms. The number of amides is 1. The van der Waals surface area contributed by atoms with Crippen molar-refractivity contribution in [1.82, 2.24) is 0 Å². The molecule has 0 N–H and O–H groups in total. The summed E-state index contributed by atoms with van der Waals surface area (Å²) < 4.78 is 10.8. The first-order chi connectivity index (χ1) is 13.5. The Bertz CT molecular complexity index is 1220. The standard InChI is InChI=1S/C20H12ClNO4S2/c1-25-16-7-6-13(10-14(16)21)22-18(23)17(28-20(22)27)9-12-8-11-4-2-3-5-15(11)26-19(12)24/h2-10H,1H3/b17-9+. The highest BCUT2D eigenvalue weighted by atomic mass is 35.5. The van der Waals surface area contributed by atoms with Crippen molar-refractivity contribution in [2.75, 3.05) is 12.0 Å². The Kier molecular flexibility index (Phi) is 4.97. The van der Waals surface area contributed by atoms with Gasteiger partial charge in [-0.2, -0.15) is 0 Å². The van der Waals surface area contributed by atoms with Gasteiger partial charge in [0.2, 0.25) is 0 Å². The van der Waals surface area contributed by atoms with Gasteiger partial charge < -0.3 is 9.15 Å². The molecule has 0 radical (unpaired) electrons. The monoisotopic (exact) mass is 429 g/mol. The second-order valence-electron chi connectivity index (χ2n) is 5.86. The number of benzene rings is 2. The lowest BCUT2D eigenvalue weighted by Crippen LogP contribution is -2.27. The maximum absolute atomic E-state index is 12.9. The highest BCUT2D eigenvalue weighted by Gasteiger charge is 2.33. The van der Waals surface area contributed by atoms with Gasteiger partial charge in [-0.3, -0.25) is 9.69 Å². The summed E-state index contributed by atoms with van der Waals surface area (Å²) in [5, 5.41) is 1.14. The predicted octanol–water partition coefficient (Wildman–Crippen LogP) is 4.86. The van der Waals surface area contributed by atoms with E-state index in [2.05, 4.69) is 0 Å². The van der Waals surface area contributed by atoms with Crippen LogP contribution in [0.4, 0.5) is 5.69 Å². The van der Waals surface area contributed by atoms with E-state index in [4.69, 9.17) is 33.0 Å². The number of fused-ring (bicyclic) bond motifs is 1. The number of hydrogen-bond acceptors (Lipinski definition) is 6. The van der Waals surface area contributed by atoms with Gasteiger partial charge >= 0.3 is 5.63 Å². The Balaban J connectivity index is 1.72. The number of ether oxygens (including phenoxy) is 1. The molecule has 5 nitrogen and oxygen atoms in total. The van der Waals surface area contributed by atoms with Crippen molar-refractivity contribution in [2.45, 2.75) is 0 Å². The van der Waals surface area contributed by atoms with E-state index in [0.717, 1.165) is 17.1 Å². The summed E-state index contributed by atoms with van der Waals surface area (Å²) in [4.78, 5) is 26.9. The zero-order valence-electron chi connectivity index (χ0n) is 14.5. The van der Waals surface area contributed by atoms with E-state index in [1.165, 1.54) is 18.1 Å². The van der Waals surface area contributed by atoms with Gasteiger partial charge in [-0.05, 0) is 36.4 Å². The van der Waals surface area contributed by atoms with E-state index in [9.17, 15) is 9.59 Å². The highest BCUT2D eigenvalue weighted by molar-refractivity contribution is 8.27. The van der Waals surface area contributed by atoms with Crippen LogP contribution in [-0.2, 0) is 4.79 Å². The third kappa shape index (κ3) is 3.32. The van der Waals surface area contributed by atoms with Crippen LogP contribution in [0.5, 0.6) is 5.75 Å². The van der Waals surface area contributed by atoms with Crippen LogP contribution < -0.4 is 15.3 Å². The van der Waals surface area contributed by atoms with Crippen molar-refractivity contribution in [3.8, 4) is 5.75 Å². The van der Waals surface area contributed by atoms with E-state index >= 15 is 0 Å². The fraction of sp³-hybridized carbons (Fsp3) is 0.0500. The molecule has 3 aromatic rings. The number of nitrogens with zero attached hydrogens (tertiary/aromatic N) is 1. The van der Waals surface area contributed by atoms with Crippen molar-refractivity contribution in [3.63, 3.8) is 0 Å². The van der Waals surface area contributed by atoms with Gasteiger partial charge in [-0.15, -0.1) is 0 Å². The topological polar surface area (TPSA) is 59.8 Å². The lowest BCUT2D eigenvalue weighted by Gasteiger charge is -2.15. The third-order valence-corrected chi connectivity index (χ3v) is 5.74. The van der Waals surface area contributed by atoms with E-state index in [0.29, 0.717) is 31.3 Å². The molecular weight excluding hydrogens is 418 g/mol. The molecule has 0 aliphatic carbocycles. The minimum Gasteiger partial charge on any atom is -0.495 e. The van der Waals surface area contributed by atoms with E-state index in [-0.39, 0.29) is 11.5 Å². The Morgan fingerprint density at radius 3 is 2.71 bits per heavy atom. The zero-order chi connectivity index (χ0) is 19.8. The molecule has 4 rings (SSSR count). The molecule has 1 fully saturated rings. The number of rotatable bonds is 3. The molecule has 0 spiro atoms. The lowest BCUT2D eigenvalue weighted by atomic mass is 10.1. The number of methoxy groups -OCH3 is 1. The molecule has 2 heterocycles. The number of thioether (sulfide) groups is 1. The number of carbonyl (C=O) groups is 1. The quantitative estimate of drug-likeness (QED) is 0.336. The first-order valence-corrected chi connectivity index (χ1v) is 9.72. The minimum atomic E-state index is -0.517. The summed E-state index contributed by atoms with van der Waals surface area (Å²) >= 11 is 12.6. The van der Waals surface area contributed by atoms with Crippen LogP contribution in [0.15, 0.2) is 62.6 Å². The second-order valence-corrected chi connectivity index (χ2v) is 7.95. The van der Waals surface area contributed by atoms with Gasteiger partial charge in [-0.1, -0.05) is 53.8 Å². The summed E-state index contributed by atoms with van der Waals surface area (Å²) in [6.45, 7) is 0. The number of hydrogen-bond donors (Lipinski definition) is 0. The first kappa shape index (κ1) is 18.7. The first-order valence-electron chi connectivity index (χ1n) is 8.12. The molecule has 0 saturated carbocycles. The van der Waals surface area contributed by atoms with Crippen molar-refractivity contribution >= 4 is 68.5 Å². The maximum Gasteiger partial charge on any atom is 0.343 e. The molecule has 0 atom stereocenters. The summed E-state index contributed by atoms with van der Waals surface area (Å²) in [6, 6.07) is 13.8. The average Bonchev–Trinajstić information content (AvgIpc) is 2.95. The molecule has 2 aromatic carbocycles. The number of para-hydroxylation sites is 1. The molecular formula is C20H12ClNO4S2. The van der Waals surface area contributed by atoms with Crippen LogP contribution in [0.2, 0.25) is 5.02 Å². The maximum atomic E-state index is 12.9. The van der Waals surface area contributed by atoms with Gasteiger partial charge in [-0.25, -0.2) is 4.79 Å². The van der Waals surface area contributed by atoms with Gasteiger partial charge in [0.25, 0.3) is 5.91 Å². The average molecular weight is 430 g/mol. The molecule has 1 saturated heterocycles. The smallest absolute Gasteiger partial charge is 0.343 e. The van der Waals surface area contributed by atoms with E-state index in [1.54, 1.807) is 36.4 Å². The zero-order valence-corrected chi connectivity index (χ0v) is 16.9. The predicted molar refractivity (Wildman–Crippen MR) is 116 cm³/mol. The van der Waals surface area contributed by atoms with Crippen molar-refractivity contribution in [2.24, 2.45) is 0 Å². The van der Waals surface area contributed by atoms with E-state index in [1.807, 2.05) is 12.1 Å². The molecule has 1 aliphatic heterocycles. The molecule has 28 heavy (non-hydrogen) atoms. The molecule has 0 unspecified atom stereocenters. The van der Waals surface area contributed by atoms with Crippen LogP contribution in [0.25, 0.3) is 17.0 Å². The fourth-order valence-electron chi connectivity index (χ4n) is 2.80. The second kappa shape index (κ2) is 7.43. The number of anilines is 1. The van der Waals surface area contributed by atoms with Crippen molar-refractivity contribution < 1.29 is 13.9 Å². The summed E-state index contributed by atoms with van der Waals surface area (Å²) in [7, 11) is 1.51. The van der Waals surface area contributed by atoms with Crippen LogP contribution in [0, 0.1) is 0 Å². The number of thiocarbonyl (C=S) groups is 1. The summed E-state index contributed by atoms with van der Waals surface area (Å²) in [6.07, 6.45) is 1.50. The highest BCUT2D eigenvalue weighted by Crippen LogP contribution is 2.38. The van der Waals surface area contributed by atoms with Gasteiger partial charge in [0, 0.05) is 5.39 Å². The summed E-state index contributed by atoms with van der Waals surface area (Å²) in [5.74, 6) is 0.170. The Morgan fingerprint density at radius 1 is 1.18 bits per heavy atom. The fourth-order valence-corrected chi connectivity index (χ4v) is 4.35. The molecule has 1 aliphatic rings. The van der Waals surface area contributed by atoms with Crippen LogP contribution >= 0.6 is 35.6 Å². The lowest BCUT2D eigenvalue weighted by molar-refractivity contribution is -0.113. The Labute approximate surface area is 174 Å².